The van der Waals surface area contributed by atoms with Crippen molar-refractivity contribution in [1.82, 2.24) is 14.8 Å². The number of carbonyl (C=O) groups is 1. The molecule has 2 heterocycles. The minimum Gasteiger partial charge on any atom is -0.335 e. The van der Waals surface area contributed by atoms with Gasteiger partial charge in [0.05, 0.1) is 5.01 Å². The highest BCUT2D eigenvalue weighted by Gasteiger charge is 2.27. The predicted octanol–water partition coefficient (Wildman–Crippen LogP) is 2.82. The lowest BCUT2D eigenvalue weighted by Gasteiger charge is -2.38. The van der Waals surface area contributed by atoms with E-state index in [9.17, 15) is 4.79 Å². The first-order chi connectivity index (χ1) is 12.1. The second-order valence-electron chi connectivity index (χ2n) is 6.19. The van der Waals surface area contributed by atoms with E-state index in [4.69, 9.17) is 17.3 Å². The number of aromatic nitrogens is 1. The van der Waals surface area contributed by atoms with Gasteiger partial charge in [-0.2, -0.15) is 0 Å². The molecule has 1 saturated heterocycles. The Balaban J connectivity index is 1.59. The van der Waals surface area contributed by atoms with Crippen LogP contribution < -0.4 is 5.73 Å². The summed E-state index contributed by atoms with van der Waals surface area (Å²) < 4.78 is 0. The molecule has 25 heavy (non-hydrogen) atoms. The van der Waals surface area contributed by atoms with Crippen LogP contribution in [0.2, 0.25) is 5.02 Å². The van der Waals surface area contributed by atoms with Crippen LogP contribution in [0.25, 0.3) is 0 Å². The first-order valence-electron chi connectivity index (χ1n) is 8.52. The SMILES string of the molecule is CC(c1ccccc1Cl)N1CCN(C(=O)c2csc(CCN)n2)CC1. The Labute approximate surface area is 157 Å². The van der Waals surface area contributed by atoms with E-state index in [1.807, 2.05) is 28.5 Å². The van der Waals surface area contributed by atoms with Gasteiger partial charge < -0.3 is 10.6 Å². The molecule has 1 unspecified atom stereocenters. The molecule has 5 nitrogen and oxygen atoms in total. The van der Waals surface area contributed by atoms with Crippen molar-refractivity contribution in [2.24, 2.45) is 5.73 Å². The van der Waals surface area contributed by atoms with Gasteiger partial charge in [-0.15, -0.1) is 11.3 Å². The van der Waals surface area contributed by atoms with Crippen LogP contribution in [0.3, 0.4) is 0 Å². The van der Waals surface area contributed by atoms with Gasteiger partial charge in [0, 0.05) is 49.0 Å². The largest absolute Gasteiger partial charge is 0.335 e. The molecule has 1 aromatic heterocycles. The third-order valence-electron chi connectivity index (χ3n) is 4.63. The number of piperazine rings is 1. The molecule has 1 aliphatic heterocycles. The van der Waals surface area contributed by atoms with E-state index in [1.54, 1.807) is 0 Å². The summed E-state index contributed by atoms with van der Waals surface area (Å²) in [6.07, 6.45) is 0.723. The van der Waals surface area contributed by atoms with Crippen LogP contribution in [0.4, 0.5) is 0 Å². The average Bonchev–Trinajstić information content (AvgIpc) is 3.10. The van der Waals surface area contributed by atoms with Gasteiger partial charge in [-0.05, 0) is 25.1 Å². The highest BCUT2D eigenvalue weighted by molar-refractivity contribution is 7.09. The van der Waals surface area contributed by atoms with E-state index >= 15 is 0 Å². The zero-order chi connectivity index (χ0) is 17.8. The quantitative estimate of drug-likeness (QED) is 0.869. The average molecular weight is 379 g/mol. The second kappa shape index (κ2) is 8.27. The lowest BCUT2D eigenvalue weighted by Crippen LogP contribution is -2.49. The molecule has 0 radical (unpaired) electrons. The Kier molecular flexibility index (Phi) is 6.06. The summed E-state index contributed by atoms with van der Waals surface area (Å²) in [6.45, 7) is 5.79. The molecule has 0 bridgehead atoms. The lowest BCUT2D eigenvalue weighted by atomic mass is 10.1. The van der Waals surface area contributed by atoms with Gasteiger partial charge in [0.1, 0.15) is 5.69 Å². The number of nitrogens with two attached hydrogens (primary N) is 1. The van der Waals surface area contributed by atoms with Crippen molar-refractivity contribution in [3.05, 3.63) is 50.9 Å². The van der Waals surface area contributed by atoms with Crippen LogP contribution >= 0.6 is 22.9 Å². The number of nitrogens with zero attached hydrogens (tertiary/aromatic N) is 3. The van der Waals surface area contributed by atoms with Crippen molar-refractivity contribution >= 4 is 28.8 Å². The third kappa shape index (κ3) is 4.20. The zero-order valence-corrected chi connectivity index (χ0v) is 15.9. The number of hydrogen-bond donors (Lipinski definition) is 1. The topological polar surface area (TPSA) is 62.5 Å². The Bertz CT molecular complexity index is 727. The number of carbonyl (C=O) groups excluding carboxylic acids is 1. The number of halogens is 1. The maximum Gasteiger partial charge on any atom is 0.273 e. The van der Waals surface area contributed by atoms with E-state index in [-0.39, 0.29) is 11.9 Å². The van der Waals surface area contributed by atoms with E-state index in [0.717, 1.165) is 35.1 Å². The maximum absolute atomic E-state index is 12.6. The van der Waals surface area contributed by atoms with Gasteiger partial charge in [-0.25, -0.2) is 4.98 Å². The molecule has 0 saturated carbocycles. The van der Waals surface area contributed by atoms with Gasteiger partial charge in [0.2, 0.25) is 0 Å². The highest BCUT2D eigenvalue weighted by Crippen LogP contribution is 2.28. The van der Waals surface area contributed by atoms with Crippen LogP contribution in [-0.4, -0.2) is 53.4 Å². The molecule has 1 amide bonds. The number of hydrogen-bond acceptors (Lipinski definition) is 5. The smallest absolute Gasteiger partial charge is 0.273 e. The molecule has 2 N–H and O–H groups in total. The normalized spacial score (nSPS) is 16.8. The standard InChI is InChI=1S/C18H23ClN4OS/c1-13(14-4-2-3-5-15(14)19)22-8-10-23(11-9-22)18(24)16-12-25-17(21-16)6-7-20/h2-5,12-13H,6-11,20H2,1H3. The summed E-state index contributed by atoms with van der Waals surface area (Å²) in [7, 11) is 0. The molecule has 134 valence electrons. The number of thiazole rings is 1. The van der Waals surface area contributed by atoms with Crippen molar-refractivity contribution in [3.8, 4) is 0 Å². The van der Waals surface area contributed by atoms with E-state index in [2.05, 4.69) is 22.9 Å². The first kappa shape index (κ1) is 18.3. The van der Waals surface area contributed by atoms with Crippen LogP contribution in [0.15, 0.2) is 29.6 Å². The molecule has 0 spiro atoms. The highest BCUT2D eigenvalue weighted by atomic mass is 35.5. The van der Waals surface area contributed by atoms with Gasteiger partial charge in [-0.1, -0.05) is 29.8 Å². The molecule has 1 atom stereocenters. The molecule has 1 fully saturated rings. The summed E-state index contributed by atoms with van der Waals surface area (Å²) in [6, 6.07) is 8.19. The van der Waals surface area contributed by atoms with E-state index in [1.165, 1.54) is 11.3 Å². The van der Waals surface area contributed by atoms with Crippen LogP contribution in [-0.2, 0) is 6.42 Å². The lowest BCUT2D eigenvalue weighted by molar-refractivity contribution is 0.0577. The van der Waals surface area contributed by atoms with Crippen LogP contribution in [0, 0.1) is 0 Å². The van der Waals surface area contributed by atoms with Gasteiger partial charge in [-0.3, -0.25) is 9.69 Å². The summed E-state index contributed by atoms with van der Waals surface area (Å²) in [4.78, 5) is 21.3. The zero-order valence-electron chi connectivity index (χ0n) is 14.3. The van der Waals surface area contributed by atoms with Crippen molar-refractivity contribution in [1.29, 1.82) is 0 Å². The molecule has 1 aliphatic rings. The number of benzene rings is 1. The fraction of sp³-hybridized carbons (Fsp3) is 0.444. The third-order valence-corrected chi connectivity index (χ3v) is 5.89. The minimum atomic E-state index is 0.0181. The van der Waals surface area contributed by atoms with Crippen molar-refractivity contribution in [2.75, 3.05) is 32.7 Å². The molecular formula is C18H23ClN4OS. The van der Waals surface area contributed by atoms with Crippen molar-refractivity contribution in [2.45, 2.75) is 19.4 Å². The number of rotatable bonds is 5. The monoisotopic (exact) mass is 378 g/mol. The summed E-state index contributed by atoms with van der Waals surface area (Å²) >= 11 is 7.83. The first-order valence-corrected chi connectivity index (χ1v) is 9.78. The molecule has 0 aliphatic carbocycles. The van der Waals surface area contributed by atoms with Gasteiger partial charge in [0.15, 0.2) is 0 Å². The summed E-state index contributed by atoms with van der Waals surface area (Å²) in [5, 5.41) is 3.56. The Hall–Kier alpha value is -1.47. The number of amides is 1. The van der Waals surface area contributed by atoms with E-state index < -0.39 is 0 Å². The van der Waals surface area contributed by atoms with Crippen molar-refractivity contribution < 1.29 is 4.79 Å². The fourth-order valence-corrected chi connectivity index (χ4v) is 4.21. The maximum atomic E-state index is 12.6. The predicted molar refractivity (Wildman–Crippen MR) is 102 cm³/mol. The van der Waals surface area contributed by atoms with Gasteiger partial charge in [0.25, 0.3) is 5.91 Å². The molecule has 3 rings (SSSR count). The molecule has 7 heteroatoms. The Morgan fingerprint density at radius 1 is 1.32 bits per heavy atom. The molecule has 2 aromatic rings. The van der Waals surface area contributed by atoms with Crippen molar-refractivity contribution in [3.63, 3.8) is 0 Å². The molecular weight excluding hydrogens is 356 g/mol. The minimum absolute atomic E-state index is 0.0181. The fourth-order valence-electron chi connectivity index (χ4n) is 3.13. The molecule has 1 aromatic carbocycles. The van der Waals surface area contributed by atoms with Gasteiger partial charge >= 0.3 is 0 Å². The summed E-state index contributed by atoms with van der Waals surface area (Å²) in [5.74, 6) is 0.0181. The van der Waals surface area contributed by atoms with Crippen LogP contribution in [0.1, 0.15) is 34.0 Å². The van der Waals surface area contributed by atoms with E-state index in [0.29, 0.717) is 25.3 Å². The Morgan fingerprint density at radius 3 is 2.72 bits per heavy atom. The Morgan fingerprint density at radius 2 is 2.04 bits per heavy atom. The summed E-state index contributed by atoms with van der Waals surface area (Å²) in [5.41, 5.74) is 7.22. The second-order valence-corrected chi connectivity index (χ2v) is 7.54. The van der Waals surface area contributed by atoms with Crippen LogP contribution in [0.5, 0.6) is 0 Å².